The number of hydrogen-bond donors (Lipinski definition) is 1. The second-order valence-corrected chi connectivity index (χ2v) is 5.26. The lowest BCUT2D eigenvalue weighted by Gasteiger charge is -2.18. The Labute approximate surface area is 121 Å². The van der Waals surface area contributed by atoms with Gasteiger partial charge in [0, 0.05) is 12.6 Å². The van der Waals surface area contributed by atoms with Gasteiger partial charge in [-0.15, -0.1) is 0 Å². The van der Waals surface area contributed by atoms with Crippen LogP contribution in [0.25, 0.3) is 0 Å². The average Bonchev–Trinajstić information content (AvgIpc) is 2.77. The summed E-state index contributed by atoms with van der Waals surface area (Å²) in [5, 5.41) is 7.58. The SMILES string of the molecule is CCc1cc(C(NC)c2cccc(Br)c2F)n(C)n1. The molecule has 3 nitrogen and oxygen atoms in total. The molecule has 1 aromatic heterocycles. The molecule has 19 heavy (non-hydrogen) atoms. The van der Waals surface area contributed by atoms with Gasteiger partial charge in [-0.1, -0.05) is 19.1 Å². The molecule has 0 amide bonds. The average molecular weight is 326 g/mol. The van der Waals surface area contributed by atoms with Crippen LogP contribution in [-0.4, -0.2) is 16.8 Å². The molecule has 0 saturated heterocycles. The predicted octanol–water partition coefficient (Wildman–Crippen LogP) is 3.19. The molecular weight excluding hydrogens is 309 g/mol. The lowest BCUT2D eigenvalue weighted by Crippen LogP contribution is -2.21. The predicted molar refractivity (Wildman–Crippen MR) is 77.6 cm³/mol. The number of hydrogen-bond acceptors (Lipinski definition) is 2. The van der Waals surface area contributed by atoms with Crippen LogP contribution in [0.1, 0.15) is 29.9 Å². The van der Waals surface area contributed by atoms with Crippen molar-refractivity contribution >= 4 is 15.9 Å². The highest BCUT2D eigenvalue weighted by Gasteiger charge is 2.21. The van der Waals surface area contributed by atoms with Crippen molar-refractivity contribution in [3.05, 3.63) is 51.5 Å². The topological polar surface area (TPSA) is 29.9 Å². The van der Waals surface area contributed by atoms with Crippen molar-refractivity contribution in [2.24, 2.45) is 7.05 Å². The van der Waals surface area contributed by atoms with E-state index in [1.807, 2.05) is 26.2 Å². The molecule has 2 aromatic rings. The second-order valence-electron chi connectivity index (χ2n) is 4.40. The Balaban J connectivity index is 2.49. The lowest BCUT2D eigenvalue weighted by atomic mass is 10.0. The van der Waals surface area contributed by atoms with Crippen LogP contribution in [0.5, 0.6) is 0 Å². The van der Waals surface area contributed by atoms with E-state index in [1.165, 1.54) is 0 Å². The van der Waals surface area contributed by atoms with Gasteiger partial charge in [0.2, 0.25) is 0 Å². The lowest BCUT2D eigenvalue weighted by molar-refractivity contribution is 0.547. The molecule has 0 aliphatic heterocycles. The van der Waals surface area contributed by atoms with Gasteiger partial charge in [0.25, 0.3) is 0 Å². The maximum atomic E-state index is 14.2. The number of aryl methyl sites for hydroxylation is 2. The van der Waals surface area contributed by atoms with Crippen molar-refractivity contribution in [1.82, 2.24) is 15.1 Å². The largest absolute Gasteiger partial charge is 0.308 e. The third-order valence-electron chi connectivity index (χ3n) is 3.21. The van der Waals surface area contributed by atoms with Crippen LogP contribution in [0.2, 0.25) is 0 Å². The van der Waals surface area contributed by atoms with E-state index in [2.05, 4.69) is 33.3 Å². The van der Waals surface area contributed by atoms with E-state index >= 15 is 0 Å². The first-order valence-electron chi connectivity index (χ1n) is 6.22. The molecule has 0 saturated carbocycles. The molecule has 1 atom stereocenters. The zero-order valence-corrected chi connectivity index (χ0v) is 12.8. The van der Waals surface area contributed by atoms with E-state index in [0.717, 1.165) is 17.8 Å². The van der Waals surface area contributed by atoms with Crippen molar-refractivity contribution < 1.29 is 4.39 Å². The summed E-state index contributed by atoms with van der Waals surface area (Å²) in [6.45, 7) is 2.06. The van der Waals surface area contributed by atoms with Crippen LogP contribution >= 0.6 is 15.9 Å². The number of aromatic nitrogens is 2. The monoisotopic (exact) mass is 325 g/mol. The minimum absolute atomic E-state index is 0.213. The number of halogens is 2. The third kappa shape index (κ3) is 2.72. The van der Waals surface area contributed by atoms with E-state index in [1.54, 1.807) is 16.8 Å². The third-order valence-corrected chi connectivity index (χ3v) is 3.82. The molecule has 0 spiro atoms. The van der Waals surface area contributed by atoms with Gasteiger partial charge in [-0.05, 0) is 41.5 Å². The molecule has 2 rings (SSSR count). The fraction of sp³-hybridized carbons (Fsp3) is 0.357. The van der Waals surface area contributed by atoms with Crippen molar-refractivity contribution in [3.63, 3.8) is 0 Å². The van der Waals surface area contributed by atoms with Gasteiger partial charge in [-0.2, -0.15) is 5.10 Å². The van der Waals surface area contributed by atoms with E-state index in [-0.39, 0.29) is 11.9 Å². The number of nitrogens with one attached hydrogen (secondary N) is 1. The first-order valence-corrected chi connectivity index (χ1v) is 7.01. The minimum atomic E-state index is -0.235. The number of nitrogens with zero attached hydrogens (tertiary/aromatic N) is 2. The Morgan fingerprint density at radius 3 is 2.79 bits per heavy atom. The summed E-state index contributed by atoms with van der Waals surface area (Å²) in [7, 11) is 3.71. The van der Waals surface area contributed by atoms with Gasteiger partial charge in [0.15, 0.2) is 0 Å². The van der Waals surface area contributed by atoms with Gasteiger partial charge < -0.3 is 5.32 Å². The molecule has 0 aliphatic rings. The molecular formula is C14H17BrFN3. The van der Waals surface area contributed by atoms with Gasteiger partial charge in [-0.25, -0.2) is 4.39 Å². The van der Waals surface area contributed by atoms with Crippen molar-refractivity contribution in [3.8, 4) is 0 Å². The molecule has 0 bridgehead atoms. The molecule has 1 aromatic carbocycles. The van der Waals surface area contributed by atoms with E-state index in [9.17, 15) is 4.39 Å². The molecule has 102 valence electrons. The first-order chi connectivity index (χ1) is 9.08. The second kappa shape index (κ2) is 5.84. The first kappa shape index (κ1) is 14.2. The Morgan fingerprint density at radius 2 is 2.21 bits per heavy atom. The molecule has 0 fully saturated rings. The van der Waals surface area contributed by atoms with Crippen LogP contribution < -0.4 is 5.32 Å². The zero-order chi connectivity index (χ0) is 14.0. The maximum Gasteiger partial charge on any atom is 0.142 e. The molecule has 0 radical (unpaired) electrons. The summed E-state index contributed by atoms with van der Waals surface area (Å²) in [6, 6.07) is 7.13. The number of rotatable bonds is 4. The van der Waals surface area contributed by atoms with Gasteiger partial charge in [0.05, 0.1) is 21.9 Å². The summed E-state index contributed by atoms with van der Waals surface area (Å²) < 4.78 is 16.5. The van der Waals surface area contributed by atoms with Crippen LogP contribution in [0, 0.1) is 5.82 Å². The summed E-state index contributed by atoms with van der Waals surface area (Å²) in [4.78, 5) is 0. The minimum Gasteiger partial charge on any atom is -0.308 e. The Bertz CT molecular complexity index is 580. The fourth-order valence-electron chi connectivity index (χ4n) is 2.19. The van der Waals surface area contributed by atoms with Crippen LogP contribution in [0.15, 0.2) is 28.7 Å². The van der Waals surface area contributed by atoms with E-state index < -0.39 is 0 Å². The standard InChI is InChI=1S/C14H17BrFN3/c1-4-9-8-12(19(3)18-9)14(17-2)10-6-5-7-11(15)13(10)16/h5-8,14,17H,4H2,1-3H3. The number of benzene rings is 1. The molecule has 1 unspecified atom stereocenters. The van der Waals surface area contributed by atoms with Gasteiger partial charge in [0.1, 0.15) is 5.82 Å². The summed E-state index contributed by atoms with van der Waals surface area (Å²) in [5.74, 6) is -0.235. The molecule has 1 heterocycles. The van der Waals surface area contributed by atoms with Crippen LogP contribution in [0.4, 0.5) is 4.39 Å². The Morgan fingerprint density at radius 1 is 1.47 bits per heavy atom. The van der Waals surface area contributed by atoms with Gasteiger partial charge in [-0.3, -0.25) is 4.68 Å². The molecule has 0 aliphatic carbocycles. The highest BCUT2D eigenvalue weighted by molar-refractivity contribution is 9.10. The highest BCUT2D eigenvalue weighted by atomic mass is 79.9. The summed E-state index contributed by atoms with van der Waals surface area (Å²) in [5.41, 5.74) is 2.58. The smallest absolute Gasteiger partial charge is 0.142 e. The summed E-state index contributed by atoms with van der Waals surface area (Å²) >= 11 is 3.23. The van der Waals surface area contributed by atoms with Crippen molar-refractivity contribution in [2.45, 2.75) is 19.4 Å². The highest BCUT2D eigenvalue weighted by Crippen LogP contribution is 2.28. The molecule has 1 N–H and O–H groups in total. The van der Waals surface area contributed by atoms with Crippen LogP contribution in [-0.2, 0) is 13.5 Å². The van der Waals surface area contributed by atoms with Crippen LogP contribution in [0.3, 0.4) is 0 Å². The molecule has 5 heteroatoms. The summed E-state index contributed by atoms with van der Waals surface area (Å²) in [6.07, 6.45) is 0.866. The Hall–Kier alpha value is -1.20. The van der Waals surface area contributed by atoms with E-state index in [4.69, 9.17) is 0 Å². The zero-order valence-electron chi connectivity index (χ0n) is 11.2. The maximum absolute atomic E-state index is 14.2. The van der Waals surface area contributed by atoms with E-state index in [0.29, 0.717) is 10.0 Å². The van der Waals surface area contributed by atoms with Crippen molar-refractivity contribution in [2.75, 3.05) is 7.05 Å². The quantitative estimate of drug-likeness (QED) is 0.935. The Kier molecular flexibility index (Phi) is 4.37. The van der Waals surface area contributed by atoms with Crippen molar-refractivity contribution in [1.29, 1.82) is 0 Å². The fourth-order valence-corrected chi connectivity index (χ4v) is 2.57. The van der Waals surface area contributed by atoms with Gasteiger partial charge >= 0.3 is 0 Å². The normalized spacial score (nSPS) is 12.7.